The fourth-order valence-electron chi connectivity index (χ4n) is 1.72. The molecular weight excluding hydrogens is 218 g/mol. The average Bonchev–Trinajstić information content (AvgIpc) is 2.76. The Kier molecular flexibility index (Phi) is 3.27. The summed E-state index contributed by atoms with van der Waals surface area (Å²) < 4.78 is 5.29. The van der Waals surface area contributed by atoms with Crippen LogP contribution >= 0.6 is 11.3 Å². The fraction of sp³-hybridized carbons (Fsp3) is 0.231. The summed E-state index contributed by atoms with van der Waals surface area (Å²) in [6.07, 6.45) is 0. The van der Waals surface area contributed by atoms with Gasteiger partial charge in [-0.1, -0.05) is 29.8 Å². The summed E-state index contributed by atoms with van der Waals surface area (Å²) in [5.74, 6) is 0.874. The summed E-state index contributed by atoms with van der Waals surface area (Å²) in [5, 5.41) is 2.00. The van der Waals surface area contributed by atoms with Crippen LogP contribution in [0.2, 0.25) is 0 Å². The van der Waals surface area contributed by atoms with E-state index in [0.717, 1.165) is 16.2 Å². The van der Waals surface area contributed by atoms with Gasteiger partial charge < -0.3 is 10.5 Å². The van der Waals surface area contributed by atoms with Crippen molar-refractivity contribution >= 4 is 11.3 Å². The molecule has 0 saturated heterocycles. The topological polar surface area (TPSA) is 35.2 Å². The molecule has 0 bridgehead atoms. The van der Waals surface area contributed by atoms with E-state index in [9.17, 15) is 0 Å². The number of nitrogens with two attached hydrogens (primary N) is 1. The van der Waals surface area contributed by atoms with E-state index in [2.05, 4.69) is 25.1 Å². The number of benzene rings is 1. The van der Waals surface area contributed by atoms with Gasteiger partial charge in [-0.05, 0) is 23.9 Å². The third-order valence-corrected chi connectivity index (χ3v) is 3.54. The highest BCUT2D eigenvalue weighted by Crippen LogP contribution is 2.33. The van der Waals surface area contributed by atoms with Crippen molar-refractivity contribution in [3.63, 3.8) is 0 Å². The van der Waals surface area contributed by atoms with Crippen LogP contribution in [-0.4, -0.2) is 7.11 Å². The number of thiophene rings is 1. The third kappa shape index (κ3) is 2.10. The van der Waals surface area contributed by atoms with Crippen LogP contribution in [0, 0.1) is 6.92 Å². The molecule has 0 aliphatic heterocycles. The second kappa shape index (κ2) is 4.68. The lowest BCUT2D eigenvalue weighted by Crippen LogP contribution is -2.11. The number of ether oxygens (including phenoxy) is 1. The quantitative estimate of drug-likeness (QED) is 0.884. The van der Waals surface area contributed by atoms with Crippen molar-refractivity contribution < 1.29 is 4.74 Å². The van der Waals surface area contributed by atoms with Gasteiger partial charge >= 0.3 is 0 Å². The minimum atomic E-state index is -0.102. The lowest BCUT2D eigenvalue weighted by atomic mass is 10.0. The Balaban J connectivity index is 2.35. The van der Waals surface area contributed by atoms with Crippen LogP contribution in [0.1, 0.15) is 22.0 Å². The monoisotopic (exact) mass is 233 g/mol. The van der Waals surface area contributed by atoms with Crippen molar-refractivity contribution in [3.8, 4) is 5.75 Å². The molecule has 84 valence electrons. The minimum Gasteiger partial charge on any atom is -0.496 e. The molecule has 0 radical (unpaired) electrons. The molecule has 0 fully saturated rings. The van der Waals surface area contributed by atoms with Crippen molar-refractivity contribution in [3.05, 3.63) is 51.7 Å². The van der Waals surface area contributed by atoms with E-state index in [0.29, 0.717) is 0 Å². The summed E-state index contributed by atoms with van der Waals surface area (Å²) in [7, 11) is 1.68. The zero-order chi connectivity index (χ0) is 11.5. The maximum atomic E-state index is 6.24. The Morgan fingerprint density at radius 1 is 1.31 bits per heavy atom. The van der Waals surface area contributed by atoms with Gasteiger partial charge in [0.25, 0.3) is 0 Å². The van der Waals surface area contributed by atoms with E-state index in [1.807, 2.05) is 17.5 Å². The van der Waals surface area contributed by atoms with Crippen molar-refractivity contribution in [2.45, 2.75) is 13.0 Å². The SMILES string of the molecule is COc1ccsc1C(N)c1cccc(C)c1. The van der Waals surface area contributed by atoms with E-state index >= 15 is 0 Å². The van der Waals surface area contributed by atoms with Gasteiger partial charge in [-0.15, -0.1) is 11.3 Å². The van der Waals surface area contributed by atoms with E-state index in [4.69, 9.17) is 10.5 Å². The van der Waals surface area contributed by atoms with Gasteiger partial charge in [0.1, 0.15) is 5.75 Å². The van der Waals surface area contributed by atoms with Crippen LogP contribution in [0.5, 0.6) is 5.75 Å². The fourth-order valence-corrected chi connectivity index (χ4v) is 2.61. The molecule has 1 atom stereocenters. The Morgan fingerprint density at radius 3 is 2.81 bits per heavy atom. The molecule has 0 aliphatic rings. The van der Waals surface area contributed by atoms with Crippen LogP contribution in [0.15, 0.2) is 35.7 Å². The molecule has 1 aromatic heterocycles. The van der Waals surface area contributed by atoms with Crippen molar-refractivity contribution in [1.29, 1.82) is 0 Å². The van der Waals surface area contributed by atoms with Crippen LogP contribution in [0.25, 0.3) is 0 Å². The number of hydrogen-bond acceptors (Lipinski definition) is 3. The maximum absolute atomic E-state index is 6.24. The van der Waals surface area contributed by atoms with E-state index in [1.165, 1.54) is 5.56 Å². The van der Waals surface area contributed by atoms with Crippen LogP contribution in [0.3, 0.4) is 0 Å². The molecule has 0 saturated carbocycles. The Bertz CT molecular complexity index is 478. The predicted octanol–water partition coefficient (Wildman–Crippen LogP) is 3.11. The van der Waals surface area contributed by atoms with Crippen LogP contribution < -0.4 is 10.5 Å². The Morgan fingerprint density at radius 2 is 2.12 bits per heavy atom. The lowest BCUT2D eigenvalue weighted by molar-refractivity contribution is 0.411. The van der Waals surface area contributed by atoms with Gasteiger partial charge in [0, 0.05) is 0 Å². The van der Waals surface area contributed by atoms with E-state index < -0.39 is 0 Å². The number of methoxy groups -OCH3 is 1. The largest absolute Gasteiger partial charge is 0.496 e. The Labute approximate surface area is 99.7 Å². The van der Waals surface area contributed by atoms with Crippen LogP contribution in [0.4, 0.5) is 0 Å². The van der Waals surface area contributed by atoms with Gasteiger partial charge in [0.05, 0.1) is 18.0 Å². The van der Waals surface area contributed by atoms with Gasteiger partial charge in [0.2, 0.25) is 0 Å². The van der Waals surface area contributed by atoms with Gasteiger partial charge in [-0.25, -0.2) is 0 Å². The minimum absolute atomic E-state index is 0.102. The molecule has 2 aromatic rings. The second-order valence-electron chi connectivity index (χ2n) is 3.75. The van der Waals surface area contributed by atoms with Gasteiger partial charge in [-0.3, -0.25) is 0 Å². The van der Waals surface area contributed by atoms with Crippen molar-refractivity contribution in [1.82, 2.24) is 0 Å². The lowest BCUT2D eigenvalue weighted by Gasteiger charge is -2.12. The number of rotatable bonds is 3. The molecule has 1 aromatic carbocycles. The van der Waals surface area contributed by atoms with E-state index in [1.54, 1.807) is 18.4 Å². The highest BCUT2D eigenvalue weighted by molar-refractivity contribution is 7.10. The molecule has 16 heavy (non-hydrogen) atoms. The van der Waals surface area contributed by atoms with E-state index in [-0.39, 0.29) is 6.04 Å². The molecule has 2 rings (SSSR count). The first-order valence-corrected chi connectivity index (χ1v) is 6.04. The zero-order valence-electron chi connectivity index (χ0n) is 9.44. The molecule has 3 heteroatoms. The smallest absolute Gasteiger partial charge is 0.134 e. The molecular formula is C13H15NOS. The summed E-state index contributed by atoms with van der Waals surface area (Å²) in [4.78, 5) is 1.08. The van der Waals surface area contributed by atoms with Crippen LogP contribution in [-0.2, 0) is 0 Å². The first-order valence-electron chi connectivity index (χ1n) is 5.16. The summed E-state index contributed by atoms with van der Waals surface area (Å²) in [6.45, 7) is 2.07. The molecule has 1 unspecified atom stereocenters. The zero-order valence-corrected chi connectivity index (χ0v) is 10.3. The Hall–Kier alpha value is -1.32. The van der Waals surface area contributed by atoms with Gasteiger partial charge in [0.15, 0.2) is 0 Å². The highest BCUT2D eigenvalue weighted by Gasteiger charge is 2.15. The molecule has 2 N–H and O–H groups in total. The molecule has 1 heterocycles. The summed E-state index contributed by atoms with van der Waals surface area (Å²) >= 11 is 1.63. The average molecular weight is 233 g/mol. The maximum Gasteiger partial charge on any atom is 0.134 e. The second-order valence-corrected chi connectivity index (χ2v) is 4.69. The normalized spacial score (nSPS) is 12.4. The number of hydrogen-bond donors (Lipinski definition) is 1. The highest BCUT2D eigenvalue weighted by atomic mass is 32.1. The molecule has 0 aliphatic carbocycles. The summed E-state index contributed by atoms with van der Waals surface area (Å²) in [6, 6.07) is 10.1. The molecule has 0 amide bonds. The standard InChI is InChI=1S/C13H15NOS/c1-9-4-3-5-10(8-9)12(14)13-11(15-2)6-7-16-13/h3-8,12H,14H2,1-2H3. The van der Waals surface area contributed by atoms with Gasteiger partial charge in [-0.2, -0.15) is 0 Å². The molecule has 2 nitrogen and oxygen atoms in total. The van der Waals surface area contributed by atoms with Crippen molar-refractivity contribution in [2.75, 3.05) is 7.11 Å². The van der Waals surface area contributed by atoms with Crippen molar-refractivity contribution in [2.24, 2.45) is 5.73 Å². The molecule has 0 spiro atoms. The first-order chi connectivity index (χ1) is 7.72. The predicted molar refractivity (Wildman–Crippen MR) is 68.1 cm³/mol. The third-order valence-electron chi connectivity index (χ3n) is 2.56. The summed E-state index contributed by atoms with van der Waals surface area (Å²) in [5.41, 5.74) is 8.59. The first kappa shape index (κ1) is 11.2. The number of aryl methyl sites for hydroxylation is 1.